The van der Waals surface area contributed by atoms with Gasteiger partial charge in [0.2, 0.25) is 5.96 Å². The first-order valence-electron chi connectivity index (χ1n) is 11.2. The zero-order valence-corrected chi connectivity index (χ0v) is 21.4. The van der Waals surface area contributed by atoms with Crippen LogP contribution in [0.15, 0.2) is 41.4 Å². The van der Waals surface area contributed by atoms with Crippen LogP contribution in [0.25, 0.3) is 0 Å². The number of amides is 1. The van der Waals surface area contributed by atoms with Crippen molar-refractivity contribution in [2.24, 2.45) is 16.5 Å². The first kappa shape index (κ1) is 28.1. The van der Waals surface area contributed by atoms with E-state index in [1.165, 1.54) is 0 Å². The summed E-state index contributed by atoms with van der Waals surface area (Å²) in [5, 5.41) is 12.8. The van der Waals surface area contributed by atoms with Crippen LogP contribution in [-0.4, -0.2) is 47.0 Å². The predicted molar refractivity (Wildman–Crippen MR) is 137 cm³/mol. The SMILES string of the molecule is COc1cc(C)c(OS(=O)NC(N)=NCCCC(N)C(O)C(=O)NCc2ccccc2)c(C)c1C. The fraction of sp³-hybridized carbons (Fsp3) is 0.417. The van der Waals surface area contributed by atoms with E-state index in [2.05, 4.69) is 15.0 Å². The van der Waals surface area contributed by atoms with Crippen molar-refractivity contribution in [3.8, 4) is 11.5 Å². The highest BCUT2D eigenvalue weighted by Crippen LogP contribution is 2.33. The van der Waals surface area contributed by atoms with Crippen LogP contribution in [0, 0.1) is 20.8 Å². The van der Waals surface area contributed by atoms with E-state index >= 15 is 0 Å². The van der Waals surface area contributed by atoms with Crippen molar-refractivity contribution in [1.82, 2.24) is 10.0 Å². The lowest BCUT2D eigenvalue weighted by atomic mass is 10.0. The third kappa shape index (κ3) is 8.53. The molecule has 0 aliphatic heterocycles. The van der Waals surface area contributed by atoms with Crippen LogP contribution in [0.5, 0.6) is 11.5 Å². The van der Waals surface area contributed by atoms with Gasteiger partial charge in [0.1, 0.15) is 17.6 Å². The number of methoxy groups -OCH3 is 1. The number of rotatable bonds is 12. The molecule has 0 heterocycles. The molecule has 0 saturated carbocycles. The molecule has 3 unspecified atom stereocenters. The molecule has 35 heavy (non-hydrogen) atoms. The largest absolute Gasteiger partial charge is 0.496 e. The van der Waals surface area contributed by atoms with E-state index in [0.29, 0.717) is 25.1 Å². The van der Waals surface area contributed by atoms with Gasteiger partial charge in [0.05, 0.1) is 7.11 Å². The van der Waals surface area contributed by atoms with Gasteiger partial charge in [-0.15, -0.1) is 0 Å². The summed E-state index contributed by atoms with van der Waals surface area (Å²) < 4.78 is 25.7. The molecule has 7 N–H and O–H groups in total. The molecule has 0 saturated heterocycles. The average molecular weight is 506 g/mol. The summed E-state index contributed by atoms with van der Waals surface area (Å²) in [6.07, 6.45) is -0.519. The second-order valence-corrected chi connectivity index (χ2v) is 8.96. The summed E-state index contributed by atoms with van der Waals surface area (Å²) in [4.78, 5) is 16.2. The Morgan fingerprint density at radius 3 is 2.54 bits per heavy atom. The van der Waals surface area contributed by atoms with E-state index < -0.39 is 29.3 Å². The molecule has 0 spiro atoms. The molecule has 3 atom stereocenters. The Morgan fingerprint density at radius 2 is 1.89 bits per heavy atom. The van der Waals surface area contributed by atoms with Crippen molar-refractivity contribution in [3.05, 3.63) is 58.7 Å². The first-order valence-corrected chi connectivity index (χ1v) is 12.3. The number of carbonyl (C=O) groups is 1. The molecule has 2 rings (SSSR count). The maximum absolute atomic E-state index is 12.4. The van der Waals surface area contributed by atoms with Gasteiger partial charge in [-0.1, -0.05) is 30.3 Å². The van der Waals surface area contributed by atoms with E-state index in [4.69, 9.17) is 20.4 Å². The van der Waals surface area contributed by atoms with Gasteiger partial charge in [-0.2, -0.15) is 4.21 Å². The molecule has 0 fully saturated rings. The van der Waals surface area contributed by atoms with E-state index in [1.807, 2.05) is 57.2 Å². The summed E-state index contributed by atoms with van der Waals surface area (Å²) in [6.45, 7) is 6.15. The molecule has 0 aromatic heterocycles. The zero-order chi connectivity index (χ0) is 26.0. The number of benzene rings is 2. The van der Waals surface area contributed by atoms with Crippen molar-refractivity contribution in [2.45, 2.75) is 52.3 Å². The van der Waals surface area contributed by atoms with Crippen LogP contribution < -0.4 is 30.4 Å². The fourth-order valence-electron chi connectivity index (χ4n) is 3.34. The summed E-state index contributed by atoms with van der Waals surface area (Å²) in [5.41, 5.74) is 15.1. The van der Waals surface area contributed by atoms with E-state index in [1.54, 1.807) is 7.11 Å². The molecule has 0 aliphatic rings. The minimum absolute atomic E-state index is 0.0569. The molecule has 2 aromatic rings. The minimum Gasteiger partial charge on any atom is -0.496 e. The Labute approximate surface area is 208 Å². The van der Waals surface area contributed by atoms with Crippen molar-refractivity contribution in [2.75, 3.05) is 13.7 Å². The standard InChI is InChI=1S/C24H35N5O5S/c1-15-13-20(33-4)16(2)17(3)22(15)34-35(32)29-24(26)27-12-8-11-19(25)21(30)23(31)28-14-18-9-6-5-7-10-18/h5-7,9-10,13,19,21,30H,8,11-12,14,25H2,1-4H3,(H,28,31)(H3,26,27,29). The Kier molecular flexibility index (Phi) is 11.0. The van der Waals surface area contributed by atoms with Gasteiger partial charge in [-0.3, -0.25) is 9.79 Å². The number of nitrogens with one attached hydrogen (secondary N) is 2. The summed E-state index contributed by atoms with van der Waals surface area (Å²) >= 11 is -1.95. The highest BCUT2D eigenvalue weighted by Gasteiger charge is 2.22. The summed E-state index contributed by atoms with van der Waals surface area (Å²) in [5.74, 6) is 0.619. The monoisotopic (exact) mass is 505 g/mol. The number of hydrogen-bond acceptors (Lipinski definition) is 7. The smallest absolute Gasteiger partial charge is 0.318 e. The van der Waals surface area contributed by atoms with Gasteiger partial charge in [0, 0.05) is 19.1 Å². The predicted octanol–water partition coefficient (Wildman–Crippen LogP) is 1.27. The van der Waals surface area contributed by atoms with Crippen LogP contribution in [0.4, 0.5) is 0 Å². The number of ether oxygens (including phenoxy) is 1. The molecule has 10 nitrogen and oxygen atoms in total. The highest BCUT2D eigenvalue weighted by molar-refractivity contribution is 7.79. The zero-order valence-electron chi connectivity index (χ0n) is 20.5. The molecule has 11 heteroatoms. The fourth-order valence-corrected chi connectivity index (χ4v) is 4.03. The van der Waals surface area contributed by atoms with Crippen LogP contribution in [0.2, 0.25) is 0 Å². The van der Waals surface area contributed by atoms with Crippen molar-refractivity contribution >= 4 is 23.1 Å². The van der Waals surface area contributed by atoms with Gasteiger partial charge in [0.25, 0.3) is 5.91 Å². The van der Waals surface area contributed by atoms with Crippen molar-refractivity contribution in [3.63, 3.8) is 0 Å². The number of hydrogen-bond donors (Lipinski definition) is 5. The lowest BCUT2D eigenvalue weighted by molar-refractivity contribution is -0.130. The highest BCUT2D eigenvalue weighted by atomic mass is 32.2. The molecular weight excluding hydrogens is 470 g/mol. The maximum Gasteiger partial charge on any atom is 0.318 e. The van der Waals surface area contributed by atoms with E-state index in [-0.39, 0.29) is 12.5 Å². The number of aliphatic hydroxyl groups is 1. The number of aliphatic hydroxyl groups excluding tert-OH is 1. The van der Waals surface area contributed by atoms with Gasteiger partial charge < -0.3 is 30.8 Å². The molecule has 0 bridgehead atoms. The molecular formula is C24H35N5O5S. The quantitative estimate of drug-likeness (QED) is 0.165. The number of nitrogens with two attached hydrogens (primary N) is 2. The molecule has 1 amide bonds. The van der Waals surface area contributed by atoms with Crippen LogP contribution in [-0.2, 0) is 22.6 Å². The number of aryl methyl sites for hydroxylation is 1. The van der Waals surface area contributed by atoms with Gasteiger partial charge in [0.15, 0.2) is 0 Å². The number of nitrogens with zero attached hydrogens (tertiary/aromatic N) is 1. The number of carbonyl (C=O) groups excluding carboxylic acids is 1. The number of aliphatic imine (C=N–C) groups is 1. The topological polar surface area (TPSA) is 161 Å². The van der Waals surface area contributed by atoms with Crippen LogP contribution >= 0.6 is 0 Å². The third-order valence-electron chi connectivity index (χ3n) is 5.51. The Hall–Kier alpha value is -3.15. The van der Waals surface area contributed by atoms with Gasteiger partial charge in [-0.05, 0) is 61.9 Å². The molecule has 0 aliphatic carbocycles. The lowest BCUT2D eigenvalue weighted by Crippen LogP contribution is -2.46. The molecule has 2 aromatic carbocycles. The second kappa shape index (κ2) is 13.7. The van der Waals surface area contributed by atoms with Gasteiger partial charge in [-0.25, -0.2) is 4.72 Å². The minimum atomic E-state index is -1.95. The van der Waals surface area contributed by atoms with Crippen molar-refractivity contribution < 1.29 is 23.0 Å². The van der Waals surface area contributed by atoms with Crippen LogP contribution in [0.1, 0.15) is 35.1 Å². The molecule has 0 radical (unpaired) electrons. The van der Waals surface area contributed by atoms with Crippen molar-refractivity contribution in [1.29, 1.82) is 0 Å². The lowest BCUT2D eigenvalue weighted by Gasteiger charge is -2.18. The average Bonchev–Trinajstić information content (AvgIpc) is 2.85. The van der Waals surface area contributed by atoms with Gasteiger partial charge >= 0.3 is 11.3 Å². The third-order valence-corrected chi connectivity index (χ3v) is 6.20. The molecule has 192 valence electrons. The maximum atomic E-state index is 12.4. The first-order chi connectivity index (χ1) is 16.6. The second-order valence-electron chi connectivity index (χ2n) is 8.12. The van der Waals surface area contributed by atoms with Crippen LogP contribution in [0.3, 0.4) is 0 Å². The summed E-state index contributed by atoms with van der Waals surface area (Å²) in [6, 6.07) is 10.4. The Balaban J connectivity index is 1.76. The Bertz CT molecular complexity index is 1050. The number of guanidine groups is 1. The van der Waals surface area contributed by atoms with E-state index in [9.17, 15) is 14.1 Å². The summed E-state index contributed by atoms with van der Waals surface area (Å²) in [7, 11) is 1.59. The Morgan fingerprint density at radius 1 is 1.20 bits per heavy atom. The normalized spacial score (nSPS) is 14.1. The van der Waals surface area contributed by atoms with E-state index in [0.717, 1.165) is 28.0 Å².